The van der Waals surface area contributed by atoms with Crippen LogP contribution in [0.2, 0.25) is 0 Å². The molecule has 35 heavy (non-hydrogen) atoms. The van der Waals surface area contributed by atoms with Crippen LogP contribution in [0.5, 0.6) is 0 Å². The second kappa shape index (κ2) is 34.5. The minimum atomic E-state index is -1.11. The van der Waals surface area contributed by atoms with Crippen molar-refractivity contribution in [1.82, 2.24) is 0 Å². The van der Waals surface area contributed by atoms with Gasteiger partial charge in [-0.25, -0.2) is 24.0 Å². The molecule has 0 heterocycles. The van der Waals surface area contributed by atoms with Gasteiger partial charge in [0.25, 0.3) is 0 Å². The van der Waals surface area contributed by atoms with Crippen LogP contribution in [-0.4, -0.2) is 102 Å². The Kier molecular flexibility index (Phi) is 43.8. The van der Waals surface area contributed by atoms with Crippen LogP contribution in [0.4, 0.5) is 0 Å². The summed E-state index contributed by atoms with van der Waals surface area (Å²) in [5.74, 6) is -4.76. The molecule has 0 aliphatic heterocycles. The first-order valence-corrected chi connectivity index (χ1v) is 8.47. The molecule has 0 aromatic heterocycles. The van der Waals surface area contributed by atoms with Crippen molar-refractivity contribution in [1.29, 1.82) is 0 Å². The van der Waals surface area contributed by atoms with Gasteiger partial charge in [-0.15, -0.1) is 0 Å². The SMILES string of the molecule is C=CC(=O)O.C=CC(=O)O.C=CC(=O)O.C=CC(=O)O.C=CC(=O)OO.OCC(CO)(CO)CO. The number of carbonyl (C=O) groups is 5. The average molecular weight is 512 g/mol. The van der Waals surface area contributed by atoms with E-state index in [9.17, 15) is 24.0 Å². The molecule has 0 rings (SSSR count). The Hall–Kier alpha value is -4.15. The van der Waals surface area contributed by atoms with Crippen molar-refractivity contribution in [3.63, 3.8) is 0 Å². The van der Waals surface area contributed by atoms with Crippen molar-refractivity contribution < 1.29 is 75.0 Å². The highest BCUT2D eigenvalue weighted by atomic mass is 17.1. The largest absolute Gasteiger partial charge is 0.478 e. The third kappa shape index (κ3) is 58.8. The zero-order valence-electron chi connectivity index (χ0n) is 18.7. The van der Waals surface area contributed by atoms with E-state index < -0.39 is 61.7 Å². The van der Waals surface area contributed by atoms with Gasteiger partial charge in [-0.05, 0) is 0 Å². The van der Waals surface area contributed by atoms with Gasteiger partial charge in [-0.2, -0.15) is 5.26 Å². The summed E-state index contributed by atoms with van der Waals surface area (Å²) in [5, 5.41) is 71.8. The summed E-state index contributed by atoms with van der Waals surface area (Å²) in [6.45, 7) is 13.2. The highest BCUT2D eigenvalue weighted by Crippen LogP contribution is 2.11. The lowest BCUT2D eigenvalue weighted by atomic mass is 9.93. The minimum absolute atomic E-state index is 0.406. The maximum Gasteiger partial charge on any atom is 0.365 e. The average Bonchev–Trinajstić information content (AvgIpc) is 2.86. The van der Waals surface area contributed by atoms with Crippen LogP contribution in [-0.2, 0) is 28.9 Å². The van der Waals surface area contributed by atoms with Gasteiger partial charge in [-0.1, -0.05) is 32.9 Å². The van der Waals surface area contributed by atoms with Crippen molar-refractivity contribution in [2.75, 3.05) is 26.4 Å². The molecule has 0 radical (unpaired) electrons. The highest BCUT2D eigenvalue weighted by molar-refractivity contribution is 5.80. The highest BCUT2D eigenvalue weighted by Gasteiger charge is 2.26. The van der Waals surface area contributed by atoms with Crippen LogP contribution in [0.25, 0.3) is 0 Å². The van der Waals surface area contributed by atoms with E-state index in [4.69, 9.17) is 46.1 Å². The molecule has 15 heteroatoms. The topological polar surface area (TPSA) is 277 Å². The smallest absolute Gasteiger partial charge is 0.365 e. The number of carboxylic acid groups (broad SMARTS) is 4. The Bertz CT molecular complexity index is 559. The number of rotatable bonds is 9. The quantitative estimate of drug-likeness (QED) is 0.103. The van der Waals surface area contributed by atoms with Crippen LogP contribution in [0, 0.1) is 5.41 Å². The molecule has 0 saturated heterocycles. The van der Waals surface area contributed by atoms with Gasteiger partial charge in [0.05, 0.1) is 31.8 Å². The molecule has 0 bridgehead atoms. The molecule has 0 fully saturated rings. The molecule has 0 saturated carbocycles. The van der Waals surface area contributed by atoms with Crippen molar-refractivity contribution in [3.05, 3.63) is 63.3 Å². The lowest BCUT2D eigenvalue weighted by molar-refractivity contribution is -0.228. The standard InChI is InChI=1S/C5H12O4.C3H4O3.4C3H4O2/c6-1-5(2-7,3-8)4-9;1-2-3(4)6-5;4*1-2-3(4)5/h6-9H,1-4H2;2,5H,1H2;4*2H,1H2,(H,4,5). The van der Waals surface area contributed by atoms with Crippen LogP contribution in [0.15, 0.2) is 63.3 Å². The second-order valence-electron chi connectivity index (χ2n) is 4.92. The first-order chi connectivity index (χ1) is 16.1. The van der Waals surface area contributed by atoms with Gasteiger partial charge in [0, 0.05) is 30.4 Å². The summed E-state index contributed by atoms with van der Waals surface area (Å²) in [7, 11) is 0. The monoisotopic (exact) mass is 512 g/mol. The Labute approximate surface area is 200 Å². The van der Waals surface area contributed by atoms with Crippen molar-refractivity contribution >= 4 is 29.8 Å². The number of aliphatic hydroxyl groups excluding tert-OH is 4. The fraction of sp³-hybridized carbons (Fsp3) is 0.250. The zero-order chi connectivity index (χ0) is 29.5. The molecule has 0 amide bonds. The predicted molar refractivity (Wildman–Crippen MR) is 121 cm³/mol. The van der Waals surface area contributed by atoms with E-state index in [1.165, 1.54) is 0 Å². The van der Waals surface area contributed by atoms with E-state index >= 15 is 0 Å². The Balaban J connectivity index is -0.0000000735. The fourth-order valence-corrected chi connectivity index (χ4v) is 0.337. The predicted octanol–water partition coefficient (Wildman–Crippen LogP) is -0.841. The van der Waals surface area contributed by atoms with Crippen molar-refractivity contribution in [3.8, 4) is 0 Å². The first-order valence-electron chi connectivity index (χ1n) is 8.47. The molecule has 0 aliphatic carbocycles. The summed E-state index contributed by atoms with van der Waals surface area (Å²) in [6, 6.07) is 0. The third-order valence-corrected chi connectivity index (χ3v) is 2.30. The number of aliphatic hydroxyl groups is 4. The maximum absolute atomic E-state index is 9.59. The van der Waals surface area contributed by atoms with Gasteiger partial charge in [0.1, 0.15) is 0 Å². The zero-order valence-corrected chi connectivity index (χ0v) is 18.7. The van der Waals surface area contributed by atoms with Gasteiger partial charge in [0.15, 0.2) is 0 Å². The minimum Gasteiger partial charge on any atom is -0.478 e. The Morgan fingerprint density at radius 3 is 0.714 bits per heavy atom. The molecule has 15 nitrogen and oxygen atoms in total. The summed E-state index contributed by atoms with van der Waals surface area (Å²) in [6.07, 6.45) is 4.19. The maximum atomic E-state index is 9.59. The first kappa shape index (κ1) is 44.5. The third-order valence-electron chi connectivity index (χ3n) is 2.30. The summed E-state index contributed by atoms with van der Waals surface area (Å²) in [4.78, 5) is 49.7. The molecule has 202 valence electrons. The fourth-order valence-electron chi connectivity index (χ4n) is 0.337. The molecule has 0 aliphatic rings. The van der Waals surface area contributed by atoms with Crippen molar-refractivity contribution in [2.45, 2.75) is 0 Å². The second-order valence-corrected chi connectivity index (χ2v) is 4.92. The summed E-state index contributed by atoms with van der Waals surface area (Å²) in [5.41, 5.74) is -1.11. The van der Waals surface area contributed by atoms with Gasteiger partial charge >= 0.3 is 29.8 Å². The molecular formula is C20H32O15. The number of carboxylic acids is 4. The summed E-state index contributed by atoms with van der Waals surface area (Å²) >= 11 is 0. The van der Waals surface area contributed by atoms with E-state index in [2.05, 4.69) is 37.8 Å². The van der Waals surface area contributed by atoms with Crippen LogP contribution >= 0.6 is 0 Å². The molecule has 0 atom stereocenters. The van der Waals surface area contributed by atoms with Gasteiger partial charge < -0.3 is 40.9 Å². The summed E-state index contributed by atoms with van der Waals surface area (Å²) < 4.78 is 0. The number of aliphatic carboxylic acids is 4. The molecule has 0 aromatic rings. The molecule has 0 aromatic carbocycles. The van der Waals surface area contributed by atoms with E-state index in [1.807, 2.05) is 0 Å². The molecule has 0 unspecified atom stereocenters. The van der Waals surface area contributed by atoms with Crippen LogP contribution in [0.3, 0.4) is 0 Å². The molecule has 9 N–H and O–H groups in total. The lowest BCUT2D eigenvalue weighted by Gasteiger charge is -2.23. The van der Waals surface area contributed by atoms with Gasteiger partial charge in [0.2, 0.25) is 0 Å². The molecular weight excluding hydrogens is 480 g/mol. The van der Waals surface area contributed by atoms with E-state index in [1.54, 1.807) is 0 Å². The Morgan fingerprint density at radius 2 is 0.714 bits per heavy atom. The Morgan fingerprint density at radius 1 is 0.543 bits per heavy atom. The normalized spacial score (nSPS) is 7.91. The number of hydrogen-bond acceptors (Lipinski definition) is 11. The van der Waals surface area contributed by atoms with Crippen LogP contribution in [0.1, 0.15) is 0 Å². The molecule has 0 spiro atoms. The lowest BCUT2D eigenvalue weighted by Crippen LogP contribution is -2.37. The van der Waals surface area contributed by atoms with Crippen molar-refractivity contribution in [2.24, 2.45) is 5.41 Å². The van der Waals surface area contributed by atoms with E-state index in [0.29, 0.717) is 0 Å². The van der Waals surface area contributed by atoms with Gasteiger partial charge in [-0.3, -0.25) is 4.89 Å². The van der Waals surface area contributed by atoms with Crippen LogP contribution < -0.4 is 0 Å². The number of carbonyl (C=O) groups excluding carboxylic acids is 1. The number of hydrogen-bond donors (Lipinski definition) is 9. The van der Waals surface area contributed by atoms with E-state index in [0.717, 1.165) is 30.4 Å². The van der Waals surface area contributed by atoms with E-state index in [-0.39, 0.29) is 0 Å².